The SMILES string of the molecule is Cc1ccc(Cl)cc1N=Nc1c(C)nc2ccc(F)cn12. The fourth-order valence-electron chi connectivity index (χ4n) is 2.04. The van der Waals surface area contributed by atoms with Crippen molar-refractivity contribution in [2.75, 3.05) is 0 Å². The highest BCUT2D eigenvalue weighted by atomic mass is 35.5. The van der Waals surface area contributed by atoms with Gasteiger partial charge in [-0.15, -0.1) is 10.2 Å². The smallest absolute Gasteiger partial charge is 0.182 e. The second-order valence-corrected chi connectivity index (χ2v) is 5.16. The average molecular weight is 303 g/mol. The van der Waals surface area contributed by atoms with E-state index in [1.165, 1.54) is 12.3 Å². The van der Waals surface area contributed by atoms with Crippen molar-refractivity contribution >= 4 is 28.8 Å². The van der Waals surface area contributed by atoms with Gasteiger partial charge in [-0.1, -0.05) is 17.7 Å². The van der Waals surface area contributed by atoms with Crippen LogP contribution in [0.15, 0.2) is 46.8 Å². The summed E-state index contributed by atoms with van der Waals surface area (Å²) in [5.41, 5.74) is 2.95. The van der Waals surface area contributed by atoms with Crippen molar-refractivity contribution in [1.29, 1.82) is 0 Å². The van der Waals surface area contributed by atoms with Crippen LogP contribution in [0, 0.1) is 19.7 Å². The van der Waals surface area contributed by atoms with Gasteiger partial charge >= 0.3 is 0 Å². The normalized spacial score (nSPS) is 11.6. The molecule has 2 heterocycles. The number of hydrogen-bond acceptors (Lipinski definition) is 3. The monoisotopic (exact) mass is 302 g/mol. The van der Waals surface area contributed by atoms with Crippen molar-refractivity contribution in [3.8, 4) is 0 Å². The lowest BCUT2D eigenvalue weighted by molar-refractivity contribution is 0.619. The van der Waals surface area contributed by atoms with Crippen molar-refractivity contribution in [3.05, 3.63) is 58.6 Å². The quantitative estimate of drug-likeness (QED) is 0.603. The lowest BCUT2D eigenvalue weighted by atomic mass is 10.2. The molecule has 0 spiro atoms. The van der Waals surface area contributed by atoms with Gasteiger partial charge in [0.2, 0.25) is 0 Å². The van der Waals surface area contributed by atoms with Crippen LogP contribution in [0.25, 0.3) is 5.65 Å². The van der Waals surface area contributed by atoms with Crippen molar-refractivity contribution in [2.45, 2.75) is 13.8 Å². The maximum Gasteiger partial charge on any atom is 0.182 e. The van der Waals surface area contributed by atoms with Crippen molar-refractivity contribution in [3.63, 3.8) is 0 Å². The molecule has 4 nitrogen and oxygen atoms in total. The molecule has 0 fully saturated rings. The third-order valence-corrected chi connectivity index (χ3v) is 3.38. The van der Waals surface area contributed by atoms with E-state index in [2.05, 4.69) is 15.2 Å². The molecule has 6 heteroatoms. The van der Waals surface area contributed by atoms with Crippen molar-refractivity contribution in [2.24, 2.45) is 10.2 Å². The number of hydrogen-bond donors (Lipinski definition) is 0. The van der Waals surface area contributed by atoms with Crippen molar-refractivity contribution in [1.82, 2.24) is 9.38 Å². The van der Waals surface area contributed by atoms with Gasteiger partial charge < -0.3 is 0 Å². The number of aromatic nitrogens is 2. The number of nitrogens with zero attached hydrogens (tertiary/aromatic N) is 4. The molecule has 3 rings (SSSR count). The second kappa shape index (κ2) is 5.26. The van der Waals surface area contributed by atoms with E-state index in [-0.39, 0.29) is 5.82 Å². The minimum Gasteiger partial charge on any atom is -0.280 e. The minimum absolute atomic E-state index is 0.352. The summed E-state index contributed by atoms with van der Waals surface area (Å²) in [7, 11) is 0. The molecule has 0 unspecified atom stereocenters. The number of rotatable bonds is 2. The molecule has 0 saturated carbocycles. The highest BCUT2D eigenvalue weighted by Crippen LogP contribution is 2.27. The molecule has 0 atom stereocenters. The Kier molecular flexibility index (Phi) is 3.43. The van der Waals surface area contributed by atoms with Gasteiger partial charge in [0.05, 0.1) is 11.4 Å². The zero-order valence-electron chi connectivity index (χ0n) is 11.5. The number of azo groups is 1. The zero-order chi connectivity index (χ0) is 15.0. The first-order chi connectivity index (χ1) is 10.0. The van der Waals surface area contributed by atoms with Gasteiger partial charge in [-0.2, -0.15) is 0 Å². The number of pyridine rings is 1. The first kappa shape index (κ1) is 13.7. The molecule has 3 aromatic rings. The topological polar surface area (TPSA) is 42.0 Å². The maximum atomic E-state index is 13.4. The van der Waals surface area contributed by atoms with E-state index < -0.39 is 0 Å². The van der Waals surface area contributed by atoms with Crippen LogP contribution in [-0.2, 0) is 0 Å². The number of imidazole rings is 1. The summed E-state index contributed by atoms with van der Waals surface area (Å²) in [4.78, 5) is 4.32. The van der Waals surface area contributed by atoms with Crippen LogP contribution < -0.4 is 0 Å². The second-order valence-electron chi connectivity index (χ2n) is 4.73. The zero-order valence-corrected chi connectivity index (χ0v) is 12.3. The molecule has 0 aliphatic carbocycles. The molecule has 0 bridgehead atoms. The largest absolute Gasteiger partial charge is 0.280 e. The van der Waals surface area contributed by atoms with E-state index in [1.807, 2.05) is 19.9 Å². The van der Waals surface area contributed by atoms with E-state index in [9.17, 15) is 4.39 Å². The molecule has 0 saturated heterocycles. The van der Waals surface area contributed by atoms with Gasteiger partial charge in [0.15, 0.2) is 5.82 Å². The van der Waals surface area contributed by atoms with Gasteiger partial charge in [-0.3, -0.25) is 4.40 Å². The van der Waals surface area contributed by atoms with E-state index >= 15 is 0 Å². The average Bonchev–Trinajstić information content (AvgIpc) is 2.75. The van der Waals surface area contributed by atoms with E-state index in [4.69, 9.17) is 11.6 Å². The summed E-state index contributed by atoms with van der Waals surface area (Å²) >= 11 is 5.96. The first-order valence-corrected chi connectivity index (χ1v) is 6.74. The molecular formula is C15H12ClFN4. The summed E-state index contributed by atoms with van der Waals surface area (Å²) in [6, 6.07) is 8.37. The van der Waals surface area contributed by atoms with Crippen LogP contribution in [0.3, 0.4) is 0 Å². The van der Waals surface area contributed by atoms with Crippen LogP contribution in [0.1, 0.15) is 11.3 Å². The number of aryl methyl sites for hydroxylation is 2. The lowest BCUT2D eigenvalue weighted by Gasteiger charge is -2.00. The van der Waals surface area contributed by atoms with Gasteiger partial charge in [-0.05, 0) is 43.7 Å². The molecule has 106 valence electrons. The molecule has 21 heavy (non-hydrogen) atoms. The Labute approximate surface area is 125 Å². The Morgan fingerprint density at radius 1 is 1.14 bits per heavy atom. The molecule has 0 N–H and O–H groups in total. The Morgan fingerprint density at radius 3 is 2.76 bits per heavy atom. The first-order valence-electron chi connectivity index (χ1n) is 6.37. The molecular weight excluding hydrogens is 291 g/mol. The molecule has 2 aromatic heterocycles. The van der Waals surface area contributed by atoms with Crippen LogP contribution in [-0.4, -0.2) is 9.38 Å². The Hall–Kier alpha value is -2.27. The summed E-state index contributed by atoms with van der Waals surface area (Å²) in [5.74, 6) is 0.152. The lowest BCUT2D eigenvalue weighted by Crippen LogP contribution is -1.85. The standard InChI is InChI=1S/C15H12ClFN4/c1-9-3-4-11(16)7-13(9)19-20-15-10(2)18-14-6-5-12(17)8-21(14)15/h3-8H,1-2H3. The Bertz CT molecular complexity index is 854. The van der Waals surface area contributed by atoms with Gasteiger partial charge in [-0.25, -0.2) is 9.37 Å². The van der Waals surface area contributed by atoms with Crippen LogP contribution in [0.2, 0.25) is 5.02 Å². The molecule has 0 aliphatic heterocycles. The summed E-state index contributed by atoms with van der Waals surface area (Å²) in [5, 5.41) is 9.01. The van der Waals surface area contributed by atoms with E-state index in [0.717, 1.165) is 5.56 Å². The third kappa shape index (κ3) is 2.64. The van der Waals surface area contributed by atoms with Crippen LogP contribution in [0.4, 0.5) is 15.9 Å². The predicted octanol–water partition coefficient (Wildman–Crippen LogP) is 5.16. The van der Waals surface area contributed by atoms with Gasteiger partial charge in [0.25, 0.3) is 0 Å². The molecule has 0 radical (unpaired) electrons. The Balaban J connectivity index is 2.09. The summed E-state index contributed by atoms with van der Waals surface area (Å²) in [6.45, 7) is 3.73. The number of fused-ring (bicyclic) bond motifs is 1. The highest BCUT2D eigenvalue weighted by molar-refractivity contribution is 6.30. The van der Waals surface area contributed by atoms with Gasteiger partial charge in [0, 0.05) is 11.2 Å². The maximum absolute atomic E-state index is 13.4. The van der Waals surface area contributed by atoms with E-state index in [0.29, 0.717) is 27.9 Å². The molecule has 1 aromatic carbocycles. The fourth-order valence-corrected chi connectivity index (χ4v) is 2.20. The summed E-state index contributed by atoms with van der Waals surface area (Å²) in [6.07, 6.45) is 1.34. The van der Waals surface area contributed by atoms with Crippen LogP contribution in [0.5, 0.6) is 0 Å². The van der Waals surface area contributed by atoms with Crippen LogP contribution >= 0.6 is 11.6 Å². The van der Waals surface area contributed by atoms with Gasteiger partial charge in [0.1, 0.15) is 11.5 Å². The fraction of sp³-hybridized carbons (Fsp3) is 0.133. The summed E-state index contributed by atoms with van der Waals surface area (Å²) < 4.78 is 14.9. The van der Waals surface area contributed by atoms with Crippen molar-refractivity contribution < 1.29 is 4.39 Å². The third-order valence-electron chi connectivity index (χ3n) is 3.15. The molecule has 0 aliphatic rings. The predicted molar refractivity (Wildman–Crippen MR) is 80.3 cm³/mol. The Morgan fingerprint density at radius 2 is 1.95 bits per heavy atom. The highest BCUT2D eigenvalue weighted by Gasteiger charge is 2.09. The minimum atomic E-state index is -0.352. The number of halogens is 2. The number of benzene rings is 1. The molecule has 0 amide bonds. The van der Waals surface area contributed by atoms with E-state index in [1.54, 1.807) is 22.6 Å².